The van der Waals surface area contributed by atoms with Gasteiger partial charge in [-0.2, -0.15) is 0 Å². The molecule has 140 valence electrons. The molecule has 1 atom stereocenters. The van der Waals surface area contributed by atoms with E-state index in [0.717, 1.165) is 12.8 Å². The van der Waals surface area contributed by atoms with Crippen LogP contribution in [-0.2, 0) is 28.9 Å². The summed E-state index contributed by atoms with van der Waals surface area (Å²) in [5, 5.41) is 2.89. The van der Waals surface area contributed by atoms with Crippen molar-refractivity contribution < 1.29 is 9.59 Å². The van der Waals surface area contributed by atoms with E-state index in [-0.39, 0.29) is 35.9 Å². The van der Waals surface area contributed by atoms with Gasteiger partial charge in [0.05, 0.1) is 12.5 Å². The normalized spacial score (nSPS) is 19.4. The first-order valence-corrected chi connectivity index (χ1v) is 9.20. The van der Waals surface area contributed by atoms with Crippen LogP contribution in [0, 0.1) is 6.92 Å². The topological polar surface area (TPSA) is 95.2 Å². The van der Waals surface area contributed by atoms with E-state index in [4.69, 9.17) is 0 Å². The molecule has 7 heteroatoms. The molecule has 1 aliphatic carbocycles. The quantitative estimate of drug-likeness (QED) is 0.824. The third kappa shape index (κ3) is 3.63. The van der Waals surface area contributed by atoms with E-state index in [1.165, 1.54) is 17.3 Å². The summed E-state index contributed by atoms with van der Waals surface area (Å²) < 4.78 is 0. The van der Waals surface area contributed by atoms with E-state index < -0.39 is 0 Å². The van der Waals surface area contributed by atoms with Crippen molar-refractivity contribution in [3.05, 3.63) is 63.3 Å². The summed E-state index contributed by atoms with van der Waals surface area (Å²) >= 11 is 0. The molecule has 2 heterocycles. The number of hydrogen-bond acceptors (Lipinski definition) is 4. The average molecular weight is 366 g/mol. The van der Waals surface area contributed by atoms with Gasteiger partial charge >= 0.3 is 0 Å². The second-order valence-electron chi connectivity index (χ2n) is 7.35. The Balaban J connectivity index is 1.35. The molecular formula is C20H22N4O3. The summed E-state index contributed by atoms with van der Waals surface area (Å²) in [6, 6.07) is 8.23. The van der Waals surface area contributed by atoms with Crippen molar-refractivity contribution in [2.75, 3.05) is 6.54 Å². The van der Waals surface area contributed by atoms with Crippen molar-refractivity contribution in [1.82, 2.24) is 20.2 Å². The molecule has 0 radical (unpaired) electrons. The van der Waals surface area contributed by atoms with Crippen molar-refractivity contribution in [2.24, 2.45) is 0 Å². The Morgan fingerprint density at radius 2 is 1.93 bits per heavy atom. The van der Waals surface area contributed by atoms with Crippen molar-refractivity contribution in [2.45, 2.75) is 44.7 Å². The smallest absolute Gasteiger partial charge is 0.254 e. The maximum Gasteiger partial charge on any atom is 0.254 e. The van der Waals surface area contributed by atoms with E-state index in [2.05, 4.69) is 27.4 Å². The summed E-state index contributed by atoms with van der Waals surface area (Å²) in [5.74, 6) is 0.326. The van der Waals surface area contributed by atoms with Gasteiger partial charge in [-0.3, -0.25) is 14.4 Å². The highest BCUT2D eigenvalue weighted by molar-refractivity contribution is 5.83. The third-order valence-electron chi connectivity index (χ3n) is 5.34. The van der Waals surface area contributed by atoms with Crippen molar-refractivity contribution in [3.63, 3.8) is 0 Å². The zero-order valence-corrected chi connectivity index (χ0v) is 15.2. The molecule has 1 aliphatic heterocycles. The minimum atomic E-state index is -0.300. The van der Waals surface area contributed by atoms with Crippen LogP contribution in [0.2, 0.25) is 0 Å². The maximum atomic E-state index is 12.5. The van der Waals surface area contributed by atoms with E-state index in [0.29, 0.717) is 24.4 Å². The molecule has 2 aliphatic rings. The monoisotopic (exact) mass is 366 g/mol. The fourth-order valence-corrected chi connectivity index (χ4v) is 4.03. The molecular weight excluding hydrogens is 344 g/mol. The number of rotatable bonds is 4. The summed E-state index contributed by atoms with van der Waals surface area (Å²) in [5.41, 5.74) is 2.62. The Bertz CT molecular complexity index is 927. The Hall–Kier alpha value is -2.96. The van der Waals surface area contributed by atoms with E-state index in [1.807, 2.05) is 17.0 Å². The van der Waals surface area contributed by atoms with E-state index in [9.17, 15) is 14.4 Å². The number of fused-ring (bicyclic) bond motifs is 1. The molecule has 27 heavy (non-hydrogen) atoms. The van der Waals surface area contributed by atoms with Gasteiger partial charge in [-0.1, -0.05) is 24.3 Å². The van der Waals surface area contributed by atoms with Crippen LogP contribution in [0.25, 0.3) is 0 Å². The maximum absolute atomic E-state index is 12.5. The molecule has 2 aromatic rings. The minimum absolute atomic E-state index is 0.0395. The number of nitrogens with zero attached hydrogens (tertiary/aromatic N) is 2. The minimum Gasteiger partial charge on any atom is -0.351 e. The van der Waals surface area contributed by atoms with Gasteiger partial charge in [-0.05, 0) is 30.9 Å². The highest BCUT2D eigenvalue weighted by Crippen LogP contribution is 2.28. The lowest BCUT2D eigenvalue weighted by Crippen LogP contribution is -2.41. The van der Waals surface area contributed by atoms with E-state index in [1.54, 1.807) is 6.92 Å². The third-order valence-corrected chi connectivity index (χ3v) is 5.34. The SMILES string of the molecule is Cc1ncc(CC(=O)N[C@@H]2CC(=O)N(C3Cc4ccccc4C3)C2)c(=O)[nH]1. The molecule has 4 rings (SSSR count). The molecule has 0 bridgehead atoms. The number of nitrogens with one attached hydrogen (secondary N) is 2. The Labute approximate surface area is 156 Å². The van der Waals surface area contributed by atoms with Crippen LogP contribution in [0.15, 0.2) is 35.3 Å². The Morgan fingerprint density at radius 3 is 2.59 bits per heavy atom. The number of amides is 2. The van der Waals surface area contributed by atoms with Gasteiger partial charge in [0, 0.05) is 30.8 Å². The predicted octanol–water partition coefficient (Wildman–Crippen LogP) is 0.505. The molecule has 1 saturated heterocycles. The van der Waals surface area contributed by atoms with Gasteiger partial charge in [-0.15, -0.1) is 0 Å². The van der Waals surface area contributed by atoms with Gasteiger partial charge in [0.25, 0.3) is 5.56 Å². The van der Waals surface area contributed by atoms with Gasteiger partial charge in [-0.25, -0.2) is 4.98 Å². The Morgan fingerprint density at radius 1 is 1.22 bits per heavy atom. The van der Waals surface area contributed by atoms with Crippen LogP contribution in [0.4, 0.5) is 0 Å². The number of H-pyrrole nitrogens is 1. The zero-order chi connectivity index (χ0) is 19.0. The summed E-state index contributed by atoms with van der Waals surface area (Å²) in [4.78, 5) is 45.1. The van der Waals surface area contributed by atoms with Crippen LogP contribution in [-0.4, -0.2) is 45.3 Å². The molecule has 0 saturated carbocycles. The first-order chi connectivity index (χ1) is 13.0. The highest BCUT2D eigenvalue weighted by Gasteiger charge is 2.37. The van der Waals surface area contributed by atoms with Crippen molar-refractivity contribution >= 4 is 11.8 Å². The molecule has 1 aromatic carbocycles. The summed E-state index contributed by atoms with van der Waals surface area (Å²) in [6.07, 6.45) is 3.43. The van der Waals surface area contributed by atoms with Crippen LogP contribution in [0.5, 0.6) is 0 Å². The van der Waals surface area contributed by atoms with Crippen LogP contribution in [0.3, 0.4) is 0 Å². The number of aryl methyl sites for hydroxylation is 1. The molecule has 0 unspecified atom stereocenters. The van der Waals surface area contributed by atoms with E-state index >= 15 is 0 Å². The van der Waals surface area contributed by atoms with Gasteiger partial charge < -0.3 is 15.2 Å². The molecule has 7 nitrogen and oxygen atoms in total. The lowest BCUT2D eigenvalue weighted by Gasteiger charge is -2.24. The van der Waals surface area contributed by atoms with Gasteiger partial charge in [0.1, 0.15) is 5.82 Å². The second kappa shape index (κ2) is 6.98. The summed E-state index contributed by atoms with van der Waals surface area (Å²) in [6.45, 7) is 2.21. The van der Waals surface area contributed by atoms with Crippen molar-refractivity contribution in [3.8, 4) is 0 Å². The van der Waals surface area contributed by atoms with Crippen LogP contribution in [0.1, 0.15) is 28.9 Å². The highest BCUT2D eigenvalue weighted by atomic mass is 16.2. The first kappa shape index (κ1) is 17.5. The molecule has 2 amide bonds. The Kier molecular flexibility index (Phi) is 4.51. The molecule has 1 aromatic heterocycles. The lowest BCUT2D eigenvalue weighted by atomic mass is 10.1. The second-order valence-corrected chi connectivity index (χ2v) is 7.35. The molecule has 0 spiro atoms. The number of aromatic amines is 1. The van der Waals surface area contributed by atoms with Gasteiger partial charge in [0.2, 0.25) is 11.8 Å². The van der Waals surface area contributed by atoms with Crippen molar-refractivity contribution in [1.29, 1.82) is 0 Å². The largest absolute Gasteiger partial charge is 0.351 e. The number of carbonyl (C=O) groups excluding carboxylic acids is 2. The lowest BCUT2D eigenvalue weighted by molar-refractivity contribution is -0.129. The fourth-order valence-electron chi connectivity index (χ4n) is 4.03. The van der Waals surface area contributed by atoms with Crippen LogP contribution < -0.4 is 10.9 Å². The number of carbonyl (C=O) groups is 2. The number of hydrogen-bond donors (Lipinski definition) is 2. The predicted molar refractivity (Wildman–Crippen MR) is 99.2 cm³/mol. The fraction of sp³-hybridized carbons (Fsp3) is 0.400. The van der Waals surface area contributed by atoms with Gasteiger partial charge in [0.15, 0.2) is 0 Å². The first-order valence-electron chi connectivity index (χ1n) is 9.20. The van der Waals surface area contributed by atoms with Crippen LogP contribution >= 0.6 is 0 Å². The number of likely N-dealkylation sites (tertiary alicyclic amines) is 1. The molecule has 1 fully saturated rings. The average Bonchev–Trinajstić information content (AvgIpc) is 3.20. The number of benzene rings is 1. The summed E-state index contributed by atoms with van der Waals surface area (Å²) in [7, 11) is 0. The standard InChI is InChI=1S/C20H22N4O3/c1-12-21-10-15(20(27)22-12)8-18(25)23-16-9-19(26)24(11-16)17-6-13-4-2-3-5-14(13)7-17/h2-5,10,16-17H,6-9,11H2,1H3,(H,23,25)(H,21,22,27)/t16-/m1/s1. The number of aromatic nitrogens is 2. The zero-order valence-electron chi connectivity index (χ0n) is 15.2. The molecule has 2 N–H and O–H groups in total.